The van der Waals surface area contributed by atoms with Gasteiger partial charge in [0.25, 0.3) is 0 Å². The average molecular weight is 479 g/mol. The normalized spacial score (nSPS) is 21.8. The first kappa shape index (κ1) is 24.4. The Labute approximate surface area is 204 Å². The molecule has 1 fully saturated rings. The predicted octanol–water partition coefficient (Wildman–Crippen LogP) is 5.87. The van der Waals surface area contributed by atoms with E-state index in [0.29, 0.717) is 30.6 Å². The van der Waals surface area contributed by atoms with E-state index in [-0.39, 0.29) is 19.0 Å². The van der Waals surface area contributed by atoms with Crippen LogP contribution in [0.5, 0.6) is 5.75 Å². The molecule has 0 spiro atoms. The summed E-state index contributed by atoms with van der Waals surface area (Å²) in [6, 6.07) is 21.7. The van der Waals surface area contributed by atoms with Crippen LogP contribution in [0.1, 0.15) is 42.0 Å². The summed E-state index contributed by atoms with van der Waals surface area (Å²) in [5.41, 5.74) is 2.09. The van der Waals surface area contributed by atoms with Gasteiger partial charge in [0.2, 0.25) is 0 Å². The van der Waals surface area contributed by atoms with Crippen molar-refractivity contribution in [3.8, 4) is 5.75 Å². The first-order valence-electron chi connectivity index (χ1n) is 11.6. The number of nitrogens with zero attached hydrogens (tertiary/aromatic N) is 1. The van der Waals surface area contributed by atoms with Gasteiger partial charge >= 0.3 is 12.1 Å². The number of ether oxygens (including phenoxy) is 2. The minimum absolute atomic E-state index is 0.0863. The molecule has 4 rings (SSSR count). The van der Waals surface area contributed by atoms with Crippen molar-refractivity contribution in [2.45, 2.75) is 44.5 Å². The van der Waals surface area contributed by atoms with Gasteiger partial charge in [-0.3, -0.25) is 0 Å². The highest BCUT2D eigenvalue weighted by atomic mass is 19.1. The van der Waals surface area contributed by atoms with E-state index in [4.69, 9.17) is 9.47 Å². The second-order valence-electron chi connectivity index (χ2n) is 8.79. The van der Waals surface area contributed by atoms with Crippen molar-refractivity contribution in [2.24, 2.45) is 0 Å². The van der Waals surface area contributed by atoms with Crippen LogP contribution in [0.25, 0.3) is 0 Å². The van der Waals surface area contributed by atoms with Crippen molar-refractivity contribution in [1.29, 1.82) is 0 Å². The van der Waals surface area contributed by atoms with Crippen LogP contribution >= 0.6 is 0 Å². The lowest BCUT2D eigenvalue weighted by molar-refractivity contribution is -0.922. The van der Waals surface area contributed by atoms with Gasteiger partial charge in [0.15, 0.2) is 6.04 Å². The SMILES string of the molecule is COC(=O)[C@H]1CCC[C@@H](c2ccc(OCc3ccccc3F)cc2)[N+]1(Cc1ccccc1)C(=O)O. The van der Waals surface area contributed by atoms with Crippen LogP contribution < -0.4 is 4.74 Å². The van der Waals surface area contributed by atoms with Crippen LogP contribution in [0.4, 0.5) is 9.18 Å². The molecule has 7 heteroatoms. The second-order valence-corrected chi connectivity index (χ2v) is 8.79. The first-order valence-corrected chi connectivity index (χ1v) is 11.6. The maximum atomic E-state index is 13.9. The predicted molar refractivity (Wildman–Crippen MR) is 128 cm³/mol. The summed E-state index contributed by atoms with van der Waals surface area (Å²) in [6.45, 7) is 0.245. The zero-order chi connectivity index (χ0) is 24.8. The van der Waals surface area contributed by atoms with Gasteiger partial charge in [0, 0.05) is 29.5 Å². The summed E-state index contributed by atoms with van der Waals surface area (Å²) < 4.78 is 24.2. The van der Waals surface area contributed by atoms with Gasteiger partial charge in [-0.05, 0) is 36.8 Å². The topological polar surface area (TPSA) is 72.8 Å². The molecule has 0 saturated carbocycles. The zero-order valence-corrected chi connectivity index (χ0v) is 19.6. The Balaban J connectivity index is 1.65. The molecule has 3 aromatic carbocycles. The maximum Gasteiger partial charge on any atom is 0.515 e. The number of hydrogen-bond donors (Lipinski definition) is 1. The Morgan fingerprint density at radius 3 is 2.31 bits per heavy atom. The largest absolute Gasteiger partial charge is 0.515 e. The number of amides is 1. The van der Waals surface area contributed by atoms with Crippen molar-refractivity contribution in [1.82, 2.24) is 0 Å². The molecule has 1 unspecified atom stereocenters. The molecule has 0 radical (unpaired) electrons. The van der Waals surface area contributed by atoms with Gasteiger partial charge in [-0.15, -0.1) is 0 Å². The number of piperidine rings is 1. The quantitative estimate of drug-likeness (QED) is 0.340. The molecular weight excluding hydrogens is 449 g/mol. The van der Waals surface area contributed by atoms with E-state index < -0.39 is 28.6 Å². The Morgan fingerprint density at radius 1 is 0.971 bits per heavy atom. The Kier molecular flexibility index (Phi) is 7.46. The van der Waals surface area contributed by atoms with Gasteiger partial charge in [-0.2, -0.15) is 4.79 Å². The van der Waals surface area contributed by atoms with Crippen molar-refractivity contribution in [3.63, 3.8) is 0 Å². The number of carboxylic acid groups (broad SMARTS) is 1. The summed E-state index contributed by atoms with van der Waals surface area (Å²) >= 11 is 0. The highest BCUT2D eigenvalue weighted by Crippen LogP contribution is 2.44. The number of halogens is 1. The van der Waals surface area contributed by atoms with E-state index in [1.54, 1.807) is 30.3 Å². The van der Waals surface area contributed by atoms with Crippen molar-refractivity contribution < 1.29 is 33.0 Å². The lowest BCUT2D eigenvalue weighted by Gasteiger charge is -2.47. The summed E-state index contributed by atoms with van der Waals surface area (Å²) in [4.78, 5) is 25.8. The van der Waals surface area contributed by atoms with Gasteiger partial charge in [0.1, 0.15) is 30.8 Å². The van der Waals surface area contributed by atoms with E-state index in [0.717, 1.165) is 11.1 Å². The molecule has 1 N–H and O–H groups in total. The fraction of sp³-hybridized carbons (Fsp3) is 0.286. The molecule has 1 saturated heterocycles. The Bertz CT molecular complexity index is 1170. The lowest BCUT2D eigenvalue weighted by Crippen LogP contribution is -2.64. The van der Waals surface area contributed by atoms with Crippen LogP contribution in [0.15, 0.2) is 78.9 Å². The number of rotatable bonds is 7. The Hall–Kier alpha value is -3.71. The summed E-state index contributed by atoms with van der Waals surface area (Å²) in [5.74, 6) is -0.295. The molecule has 1 aliphatic rings. The molecule has 0 aromatic heterocycles. The molecular formula is C28H29FNO5+. The third kappa shape index (κ3) is 5.05. The molecule has 182 valence electrons. The number of esters is 1. The molecule has 3 aromatic rings. The fourth-order valence-corrected chi connectivity index (χ4v) is 5.06. The van der Waals surface area contributed by atoms with Crippen LogP contribution in [0.3, 0.4) is 0 Å². The zero-order valence-electron chi connectivity index (χ0n) is 19.6. The number of likely N-dealkylation sites (tertiary alicyclic amines) is 1. The van der Waals surface area contributed by atoms with Gasteiger partial charge < -0.3 is 14.6 Å². The molecule has 1 heterocycles. The van der Waals surface area contributed by atoms with E-state index in [1.165, 1.54) is 13.2 Å². The smallest absolute Gasteiger partial charge is 0.489 e. The maximum absolute atomic E-state index is 13.9. The molecule has 0 bridgehead atoms. The summed E-state index contributed by atoms with van der Waals surface area (Å²) in [5, 5.41) is 10.6. The summed E-state index contributed by atoms with van der Waals surface area (Å²) in [6.07, 6.45) is 0.695. The van der Waals surface area contributed by atoms with Crippen LogP contribution in [-0.4, -0.2) is 34.8 Å². The number of methoxy groups -OCH3 is 1. The lowest BCUT2D eigenvalue weighted by atomic mass is 9.86. The molecule has 35 heavy (non-hydrogen) atoms. The number of quaternary nitrogens is 1. The van der Waals surface area contributed by atoms with E-state index in [9.17, 15) is 19.1 Å². The monoisotopic (exact) mass is 478 g/mol. The minimum atomic E-state index is -1.06. The Morgan fingerprint density at radius 2 is 1.66 bits per heavy atom. The molecule has 0 aliphatic carbocycles. The standard InChI is InChI=1S/C28H28FNO5/c1-34-27(31)26-13-7-12-25(30(26,28(32)33)18-20-8-3-2-4-9-20)21-14-16-23(17-15-21)35-19-22-10-5-6-11-24(22)29/h2-6,8-11,14-17,25-26H,7,12-13,18-19H2,1H3/p+1/t25-,26+,30?/m0/s1. The number of carbonyl (C=O) groups is 2. The fourth-order valence-electron chi connectivity index (χ4n) is 5.06. The molecule has 1 amide bonds. The first-order chi connectivity index (χ1) is 17.0. The highest BCUT2D eigenvalue weighted by Gasteiger charge is 2.57. The van der Waals surface area contributed by atoms with Crippen LogP contribution in [0, 0.1) is 5.82 Å². The van der Waals surface area contributed by atoms with Crippen LogP contribution in [0.2, 0.25) is 0 Å². The highest BCUT2D eigenvalue weighted by molar-refractivity contribution is 5.77. The van der Waals surface area contributed by atoms with Crippen molar-refractivity contribution >= 4 is 12.1 Å². The average Bonchev–Trinajstić information content (AvgIpc) is 2.88. The van der Waals surface area contributed by atoms with E-state index in [1.807, 2.05) is 42.5 Å². The number of benzene rings is 3. The number of hydrogen-bond acceptors (Lipinski definition) is 4. The van der Waals surface area contributed by atoms with Crippen LogP contribution in [-0.2, 0) is 22.7 Å². The van der Waals surface area contributed by atoms with E-state index >= 15 is 0 Å². The van der Waals surface area contributed by atoms with Gasteiger partial charge in [-0.1, -0.05) is 48.5 Å². The van der Waals surface area contributed by atoms with Crippen molar-refractivity contribution in [3.05, 3.63) is 101 Å². The third-order valence-corrected chi connectivity index (χ3v) is 6.80. The molecule has 1 aliphatic heterocycles. The van der Waals surface area contributed by atoms with Gasteiger partial charge in [0.05, 0.1) is 7.11 Å². The third-order valence-electron chi connectivity index (χ3n) is 6.80. The molecule has 6 nitrogen and oxygen atoms in total. The minimum Gasteiger partial charge on any atom is -0.489 e. The van der Waals surface area contributed by atoms with E-state index in [2.05, 4.69) is 0 Å². The van der Waals surface area contributed by atoms with Gasteiger partial charge in [-0.25, -0.2) is 13.7 Å². The molecule has 3 atom stereocenters. The van der Waals surface area contributed by atoms with Crippen molar-refractivity contribution in [2.75, 3.05) is 7.11 Å². The second kappa shape index (κ2) is 10.7. The summed E-state index contributed by atoms with van der Waals surface area (Å²) in [7, 11) is 1.30. The number of carbonyl (C=O) groups excluding carboxylic acids is 1.